The van der Waals surface area contributed by atoms with Crippen LogP contribution in [0, 0.1) is 13.8 Å². The predicted octanol–water partition coefficient (Wildman–Crippen LogP) is 4.55. The SMILES string of the molecule is Cc1cc2onc(C)c2cc1NS(=O)(=O)c1c(Cl)cccc1Cl. The van der Waals surface area contributed by atoms with Gasteiger partial charge >= 0.3 is 0 Å². The number of aromatic nitrogens is 1. The van der Waals surface area contributed by atoms with Crippen molar-refractivity contribution in [3.63, 3.8) is 0 Å². The zero-order valence-electron chi connectivity index (χ0n) is 12.2. The predicted molar refractivity (Wildman–Crippen MR) is 90.8 cm³/mol. The fourth-order valence-electron chi connectivity index (χ4n) is 2.25. The van der Waals surface area contributed by atoms with Crippen LogP contribution < -0.4 is 4.72 Å². The van der Waals surface area contributed by atoms with Crippen LogP contribution in [0.3, 0.4) is 0 Å². The van der Waals surface area contributed by atoms with E-state index in [0.717, 1.165) is 5.39 Å². The van der Waals surface area contributed by atoms with Crippen LogP contribution >= 0.6 is 23.2 Å². The molecule has 3 rings (SSSR count). The van der Waals surface area contributed by atoms with E-state index in [4.69, 9.17) is 27.7 Å². The number of benzene rings is 2. The molecule has 0 unspecified atom stereocenters. The van der Waals surface area contributed by atoms with Gasteiger partial charge in [-0.3, -0.25) is 4.72 Å². The summed E-state index contributed by atoms with van der Waals surface area (Å²) in [7, 11) is -3.93. The minimum absolute atomic E-state index is 0.0601. The molecule has 1 heterocycles. The molecule has 0 bridgehead atoms. The minimum Gasteiger partial charge on any atom is -0.356 e. The maximum atomic E-state index is 12.6. The fourth-order valence-corrected chi connectivity index (χ4v) is 4.52. The lowest BCUT2D eigenvalue weighted by atomic mass is 10.1. The molecule has 8 heteroatoms. The third-order valence-corrected chi connectivity index (χ3v) is 5.75. The van der Waals surface area contributed by atoms with Crippen LogP contribution in [-0.2, 0) is 10.0 Å². The van der Waals surface area contributed by atoms with Crippen molar-refractivity contribution in [3.8, 4) is 0 Å². The number of anilines is 1. The molecule has 23 heavy (non-hydrogen) atoms. The number of rotatable bonds is 3. The average molecular weight is 371 g/mol. The van der Waals surface area contributed by atoms with Crippen LogP contribution in [0.5, 0.6) is 0 Å². The molecule has 1 N–H and O–H groups in total. The van der Waals surface area contributed by atoms with Crippen LogP contribution in [0.15, 0.2) is 39.8 Å². The Morgan fingerprint density at radius 1 is 1.13 bits per heavy atom. The van der Waals surface area contributed by atoms with Crippen molar-refractivity contribution in [2.45, 2.75) is 18.7 Å². The summed E-state index contributed by atoms with van der Waals surface area (Å²) in [5.41, 5.74) is 2.38. The van der Waals surface area contributed by atoms with Crippen molar-refractivity contribution in [3.05, 3.63) is 51.6 Å². The Morgan fingerprint density at radius 3 is 2.43 bits per heavy atom. The molecule has 0 fully saturated rings. The zero-order chi connectivity index (χ0) is 16.8. The Labute approximate surface area is 143 Å². The van der Waals surface area contributed by atoms with Crippen molar-refractivity contribution in [2.24, 2.45) is 0 Å². The van der Waals surface area contributed by atoms with Gasteiger partial charge in [-0.1, -0.05) is 34.4 Å². The molecule has 0 saturated carbocycles. The van der Waals surface area contributed by atoms with Crippen molar-refractivity contribution >= 4 is 49.9 Å². The second-order valence-electron chi connectivity index (χ2n) is 5.09. The highest BCUT2D eigenvalue weighted by atomic mass is 35.5. The van der Waals surface area contributed by atoms with Crippen molar-refractivity contribution in [1.82, 2.24) is 5.16 Å². The number of hydrogen-bond donors (Lipinski definition) is 1. The molecule has 2 aromatic carbocycles. The molecule has 0 radical (unpaired) electrons. The van der Waals surface area contributed by atoms with E-state index in [1.807, 2.05) is 0 Å². The first-order chi connectivity index (χ1) is 10.8. The standard InChI is InChI=1S/C15H12Cl2N2O3S/c1-8-6-14-10(9(2)18-22-14)7-13(8)19-23(20,21)15-11(16)4-3-5-12(15)17/h3-7,19H,1-2H3. The lowest BCUT2D eigenvalue weighted by molar-refractivity contribution is 0.450. The molecular weight excluding hydrogens is 359 g/mol. The van der Waals surface area contributed by atoms with Gasteiger partial charge in [-0.05, 0) is 43.7 Å². The molecule has 0 atom stereocenters. The average Bonchev–Trinajstić information content (AvgIpc) is 2.79. The number of sulfonamides is 1. The summed E-state index contributed by atoms with van der Waals surface area (Å²) in [6.07, 6.45) is 0. The smallest absolute Gasteiger partial charge is 0.264 e. The lowest BCUT2D eigenvalue weighted by Crippen LogP contribution is -2.14. The molecule has 0 saturated heterocycles. The number of hydrogen-bond acceptors (Lipinski definition) is 4. The first-order valence-electron chi connectivity index (χ1n) is 6.63. The molecular formula is C15H12Cl2N2O3S. The summed E-state index contributed by atoms with van der Waals surface area (Å²) in [5.74, 6) is 0. The summed E-state index contributed by atoms with van der Waals surface area (Å²) < 4.78 is 33.0. The molecule has 0 aliphatic heterocycles. The summed E-state index contributed by atoms with van der Waals surface area (Å²) in [4.78, 5) is -0.148. The number of aryl methyl sites for hydroxylation is 2. The maximum absolute atomic E-state index is 12.6. The van der Waals surface area contributed by atoms with E-state index in [9.17, 15) is 8.42 Å². The first-order valence-corrected chi connectivity index (χ1v) is 8.87. The number of fused-ring (bicyclic) bond motifs is 1. The second kappa shape index (κ2) is 5.70. The molecule has 0 amide bonds. The third-order valence-electron chi connectivity index (χ3n) is 3.43. The van der Waals surface area contributed by atoms with E-state index in [0.29, 0.717) is 22.5 Å². The highest BCUT2D eigenvalue weighted by Crippen LogP contribution is 2.32. The fraction of sp³-hybridized carbons (Fsp3) is 0.133. The summed E-state index contributed by atoms with van der Waals surface area (Å²) in [6, 6.07) is 7.94. The second-order valence-corrected chi connectivity index (χ2v) is 7.52. The van der Waals surface area contributed by atoms with Gasteiger partial charge in [0.05, 0.1) is 21.4 Å². The number of nitrogens with one attached hydrogen (secondary N) is 1. The Bertz CT molecular complexity index is 993. The largest absolute Gasteiger partial charge is 0.356 e. The van der Waals surface area contributed by atoms with Gasteiger partial charge < -0.3 is 4.52 Å². The van der Waals surface area contributed by atoms with Gasteiger partial charge in [0.25, 0.3) is 10.0 Å². The van der Waals surface area contributed by atoms with E-state index in [1.165, 1.54) is 12.1 Å². The van der Waals surface area contributed by atoms with Gasteiger partial charge in [-0.15, -0.1) is 0 Å². The highest BCUT2D eigenvalue weighted by molar-refractivity contribution is 7.93. The topological polar surface area (TPSA) is 72.2 Å². The van der Waals surface area contributed by atoms with E-state index in [-0.39, 0.29) is 14.9 Å². The van der Waals surface area contributed by atoms with Gasteiger partial charge in [0.1, 0.15) is 4.90 Å². The Balaban J connectivity index is 2.10. The Morgan fingerprint density at radius 2 is 1.78 bits per heavy atom. The van der Waals surface area contributed by atoms with Gasteiger partial charge in [0.15, 0.2) is 5.58 Å². The van der Waals surface area contributed by atoms with Crippen LogP contribution in [0.1, 0.15) is 11.3 Å². The monoisotopic (exact) mass is 370 g/mol. The zero-order valence-corrected chi connectivity index (χ0v) is 14.6. The van der Waals surface area contributed by atoms with E-state index < -0.39 is 10.0 Å². The molecule has 1 aromatic heterocycles. The summed E-state index contributed by atoms with van der Waals surface area (Å²) in [5, 5.41) is 4.72. The van der Waals surface area contributed by atoms with Crippen LogP contribution in [0.4, 0.5) is 5.69 Å². The van der Waals surface area contributed by atoms with Crippen molar-refractivity contribution < 1.29 is 12.9 Å². The molecule has 0 spiro atoms. The highest BCUT2D eigenvalue weighted by Gasteiger charge is 2.23. The number of nitrogens with zero attached hydrogens (tertiary/aromatic N) is 1. The van der Waals surface area contributed by atoms with Gasteiger partial charge in [-0.25, -0.2) is 8.42 Å². The van der Waals surface area contributed by atoms with E-state index >= 15 is 0 Å². The van der Waals surface area contributed by atoms with Crippen LogP contribution in [-0.4, -0.2) is 13.6 Å². The molecule has 0 aliphatic carbocycles. The lowest BCUT2D eigenvalue weighted by Gasteiger charge is -2.12. The van der Waals surface area contributed by atoms with Gasteiger partial charge in [0.2, 0.25) is 0 Å². The third kappa shape index (κ3) is 2.89. The number of halogens is 2. The summed E-state index contributed by atoms with van der Waals surface area (Å²) >= 11 is 12.0. The van der Waals surface area contributed by atoms with Crippen molar-refractivity contribution in [2.75, 3.05) is 4.72 Å². The van der Waals surface area contributed by atoms with Gasteiger partial charge in [-0.2, -0.15) is 0 Å². The maximum Gasteiger partial charge on any atom is 0.264 e. The first kappa shape index (κ1) is 16.1. The van der Waals surface area contributed by atoms with E-state index in [2.05, 4.69) is 9.88 Å². The van der Waals surface area contributed by atoms with Gasteiger partial charge in [0, 0.05) is 5.39 Å². The normalized spacial score (nSPS) is 11.8. The van der Waals surface area contributed by atoms with Crippen LogP contribution in [0.25, 0.3) is 11.0 Å². The molecule has 5 nitrogen and oxygen atoms in total. The Kier molecular flexibility index (Phi) is 4.00. The quantitative estimate of drug-likeness (QED) is 0.733. The Hall–Kier alpha value is -1.76. The van der Waals surface area contributed by atoms with Crippen LogP contribution in [0.2, 0.25) is 10.0 Å². The molecule has 0 aliphatic rings. The minimum atomic E-state index is -3.93. The summed E-state index contributed by atoms with van der Waals surface area (Å²) in [6.45, 7) is 3.55. The molecule has 3 aromatic rings. The van der Waals surface area contributed by atoms with Crippen molar-refractivity contribution in [1.29, 1.82) is 0 Å². The molecule has 120 valence electrons. The van der Waals surface area contributed by atoms with E-state index in [1.54, 1.807) is 32.0 Å².